The number of anilines is 2. The van der Waals surface area contributed by atoms with Crippen LogP contribution in [0.5, 0.6) is 0 Å². The minimum absolute atomic E-state index is 0.163. The SMILES string of the molecule is COC(=S)N(C)C1CN(c2ccc(N3CCN(C(=O)c4ccc(F)nc4)CC3)c(F)c2)C(=O)O1. The molecular formula is C22H23F2N5O4S. The van der Waals surface area contributed by atoms with Crippen LogP contribution in [-0.2, 0) is 9.47 Å². The first-order valence-corrected chi connectivity index (χ1v) is 10.9. The Balaban J connectivity index is 1.39. The van der Waals surface area contributed by atoms with Crippen molar-refractivity contribution in [3.05, 3.63) is 53.9 Å². The Kier molecular flexibility index (Phi) is 6.77. The van der Waals surface area contributed by atoms with E-state index in [1.807, 2.05) is 4.90 Å². The van der Waals surface area contributed by atoms with Gasteiger partial charge in [-0.05, 0) is 42.5 Å². The number of likely N-dealkylation sites (N-methyl/N-ethyl adjacent to an activating group) is 1. The molecule has 3 heterocycles. The molecule has 34 heavy (non-hydrogen) atoms. The molecule has 4 rings (SSSR count). The fourth-order valence-corrected chi connectivity index (χ4v) is 3.99. The molecular weight excluding hydrogens is 468 g/mol. The molecule has 1 aromatic carbocycles. The number of benzene rings is 1. The summed E-state index contributed by atoms with van der Waals surface area (Å²) in [4.78, 5) is 34.7. The zero-order valence-electron chi connectivity index (χ0n) is 18.6. The summed E-state index contributed by atoms with van der Waals surface area (Å²) in [5, 5.41) is 0.175. The van der Waals surface area contributed by atoms with E-state index in [0.717, 1.165) is 6.07 Å². The first-order chi connectivity index (χ1) is 16.3. The van der Waals surface area contributed by atoms with Crippen LogP contribution in [0.15, 0.2) is 36.5 Å². The maximum absolute atomic E-state index is 15.0. The maximum Gasteiger partial charge on any atom is 0.416 e. The van der Waals surface area contributed by atoms with Crippen molar-refractivity contribution in [2.45, 2.75) is 6.23 Å². The molecule has 1 atom stereocenters. The van der Waals surface area contributed by atoms with Crippen molar-refractivity contribution in [3.8, 4) is 0 Å². The molecule has 2 aliphatic heterocycles. The van der Waals surface area contributed by atoms with Gasteiger partial charge in [0.1, 0.15) is 5.82 Å². The van der Waals surface area contributed by atoms with Crippen molar-refractivity contribution in [1.82, 2.24) is 14.8 Å². The summed E-state index contributed by atoms with van der Waals surface area (Å²) in [5.74, 6) is -1.39. The molecule has 0 N–H and O–H groups in total. The van der Waals surface area contributed by atoms with Crippen molar-refractivity contribution in [1.29, 1.82) is 0 Å². The third-order valence-electron chi connectivity index (χ3n) is 5.82. The molecule has 180 valence electrons. The number of amides is 2. The highest BCUT2D eigenvalue weighted by molar-refractivity contribution is 7.80. The summed E-state index contributed by atoms with van der Waals surface area (Å²) in [6.45, 7) is 1.76. The van der Waals surface area contributed by atoms with Crippen LogP contribution in [0, 0.1) is 11.8 Å². The van der Waals surface area contributed by atoms with Gasteiger partial charge in [0, 0.05) is 39.4 Å². The third kappa shape index (κ3) is 4.72. The Hall–Kier alpha value is -3.54. The van der Waals surface area contributed by atoms with Crippen molar-refractivity contribution < 1.29 is 27.8 Å². The van der Waals surface area contributed by atoms with Crippen molar-refractivity contribution in [2.75, 3.05) is 56.7 Å². The normalized spacial score (nSPS) is 18.1. The van der Waals surface area contributed by atoms with Gasteiger partial charge in [-0.25, -0.2) is 14.2 Å². The van der Waals surface area contributed by atoms with Gasteiger partial charge in [-0.2, -0.15) is 4.39 Å². The van der Waals surface area contributed by atoms with E-state index in [2.05, 4.69) is 4.98 Å². The second-order valence-corrected chi connectivity index (χ2v) is 8.16. The van der Waals surface area contributed by atoms with Crippen LogP contribution in [0.2, 0.25) is 0 Å². The van der Waals surface area contributed by atoms with Crippen LogP contribution in [0.1, 0.15) is 10.4 Å². The molecule has 2 amide bonds. The fourth-order valence-electron chi connectivity index (χ4n) is 3.88. The number of carbonyl (C=O) groups is 2. The van der Waals surface area contributed by atoms with E-state index in [0.29, 0.717) is 43.1 Å². The van der Waals surface area contributed by atoms with Crippen molar-refractivity contribution in [3.63, 3.8) is 0 Å². The summed E-state index contributed by atoms with van der Waals surface area (Å²) >= 11 is 5.06. The van der Waals surface area contributed by atoms with Gasteiger partial charge in [0.15, 0.2) is 6.23 Å². The number of aromatic nitrogens is 1. The molecule has 9 nitrogen and oxygen atoms in total. The van der Waals surface area contributed by atoms with Gasteiger partial charge in [-0.15, -0.1) is 0 Å². The van der Waals surface area contributed by atoms with Gasteiger partial charge < -0.3 is 19.3 Å². The Morgan fingerprint density at radius 3 is 2.56 bits per heavy atom. The minimum atomic E-state index is -0.650. The number of cyclic esters (lactones) is 1. The van der Waals surface area contributed by atoms with Crippen molar-refractivity contribution in [2.24, 2.45) is 0 Å². The van der Waals surface area contributed by atoms with Gasteiger partial charge >= 0.3 is 6.09 Å². The molecule has 0 spiro atoms. The smallest absolute Gasteiger partial charge is 0.416 e. The third-order valence-corrected chi connectivity index (χ3v) is 6.27. The molecule has 1 unspecified atom stereocenters. The number of hydrogen-bond acceptors (Lipinski definition) is 7. The predicted molar refractivity (Wildman–Crippen MR) is 124 cm³/mol. The quantitative estimate of drug-likeness (QED) is 0.477. The summed E-state index contributed by atoms with van der Waals surface area (Å²) < 4.78 is 38.3. The zero-order valence-corrected chi connectivity index (χ0v) is 19.4. The molecule has 0 bridgehead atoms. The van der Waals surface area contributed by atoms with E-state index in [1.54, 1.807) is 24.1 Å². The lowest BCUT2D eigenvalue weighted by Gasteiger charge is -2.36. The number of piperazine rings is 1. The van der Waals surface area contributed by atoms with Gasteiger partial charge in [-0.3, -0.25) is 14.6 Å². The molecule has 2 aromatic rings. The summed E-state index contributed by atoms with van der Waals surface area (Å²) in [7, 11) is 3.07. The van der Waals surface area contributed by atoms with Crippen LogP contribution in [0.4, 0.5) is 25.0 Å². The topological polar surface area (TPSA) is 78.5 Å². The van der Waals surface area contributed by atoms with E-state index in [4.69, 9.17) is 21.7 Å². The lowest BCUT2D eigenvalue weighted by atomic mass is 10.2. The van der Waals surface area contributed by atoms with Crippen LogP contribution >= 0.6 is 12.2 Å². The van der Waals surface area contributed by atoms with Crippen LogP contribution in [0.25, 0.3) is 0 Å². The second kappa shape index (κ2) is 9.75. The molecule has 2 aliphatic rings. The van der Waals surface area contributed by atoms with Crippen LogP contribution < -0.4 is 9.80 Å². The number of hydrogen-bond donors (Lipinski definition) is 0. The average molecular weight is 492 g/mol. The van der Waals surface area contributed by atoms with Gasteiger partial charge in [-0.1, -0.05) is 0 Å². The number of nitrogens with zero attached hydrogens (tertiary/aromatic N) is 5. The molecule has 0 saturated carbocycles. The second-order valence-electron chi connectivity index (χ2n) is 7.81. The summed E-state index contributed by atoms with van der Waals surface area (Å²) in [6, 6.07) is 7.08. The van der Waals surface area contributed by atoms with E-state index in [9.17, 15) is 14.0 Å². The average Bonchev–Trinajstić information content (AvgIpc) is 3.24. The summed E-state index contributed by atoms with van der Waals surface area (Å²) in [5.41, 5.74) is 1.04. The largest absolute Gasteiger partial charge is 0.474 e. The van der Waals surface area contributed by atoms with Crippen molar-refractivity contribution >= 4 is 40.8 Å². The highest BCUT2D eigenvalue weighted by Crippen LogP contribution is 2.29. The van der Waals surface area contributed by atoms with Crippen LogP contribution in [0.3, 0.4) is 0 Å². The molecule has 1 aromatic heterocycles. The van der Waals surface area contributed by atoms with Gasteiger partial charge in [0.2, 0.25) is 5.95 Å². The van der Waals surface area contributed by atoms with Crippen LogP contribution in [-0.4, -0.2) is 85.1 Å². The molecule has 2 saturated heterocycles. The predicted octanol–water partition coefficient (Wildman–Crippen LogP) is 2.47. The zero-order chi connectivity index (χ0) is 24.4. The number of carbonyl (C=O) groups excluding carboxylic acids is 2. The van der Waals surface area contributed by atoms with E-state index < -0.39 is 24.1 Å². The van der Waals surface area contributed by atoms with Gasteiger partial charge in [0.05, 0.1) is 30.6 Å². The van der Waals surface area contributed by atoms with E-state index in [-0.39, 0.29) is 17.6 Å². The maximum atomic E-state index is 15.0. The molecule has 0 aliphatic carbocycles. The number of methoxy groups -OCH3 is 1. The molecule has 0 radical (unpaired) electrons. The number of thiocarbonyl (C=S) groups is 1. The minimum Gasteiger partial charge on any atom is -0.474 e. The Labute approximate surface area is 200 Å². The number of halogens is 2. The standard InChI is InChI=1S/C22H23F2N5O4S/c1-26(22(34)32-2)19-13-29(21(31)33-19)15-4-5-17(16(23)11-15)27-7-9-28(10-8-27)20(30)14-3-6-18(24)25-12-14/h3-6,11-12,19H,7-10,13H2,1-2H3. The van der Waals surface area contributed by atoms with E-state index >= 15 is 4.39 Å². The highest BCUT2D eigenvalue weighted by atomic mass is 32.1. The highest BCUT2D eigenvalue weighted by Gasteiger charge is 2.36. The first-order valence-electron chi connectivity index (χ1n) is 10.5. The van der Waals surface area contributed by atoms with Gasteiger partial charge in [0.25, 0.3) is 11.1 Å². The molecule has 12 heteroatoms. The number of rotatable bonds is 4. The lowest BCUT2D eigenvalue weighted by molar-refractivity contribution is 0.0677. The fraction of sp³-hybridized carbons (Fsp3) is 0.364. The van der Waals surface area contributed by atoms with E-state index in [1.165, 1.54) is 35.2 Å². The first kappa shape index (κ1) is 23.6. The monoisotopic (exact) mass is 491 g/mol. The Morgan fingerprint density at radius 1 is 1.21 bits per heavy atom. The molecule has 2 fully saturated rings. The Morgan fingerprint density at radius 2 is 1.94 bits per heavy atom. The Bertz CT molecular complexity index is 1100. The number of pyridine rings is 1. The number of ether oxygens (including phenoxy) is 2. The lowest BCUT2D eigenvalue weighted by Crippen LogP contribution is -2.49. The summed E-state index contributed by atoms with van der Waals surface area (Å²) in [6.07, 6.45) is -0.0494.